The molecule has 8 heteroatoms. The third-order valence-corrected chi connectivity index (χ3v) is 4.18. The van der Waals surface area contributed by atoms with Gasteiger partial charge in [-0.15, -0.1) is 0 Å². The monoisotopic (exact) mass is 402 g/mol. The Hall–Kier alpha value is -2.64. The smallest absolute Gasteiger partial charge is 0.216 e. The Morgan fingerprint density at radius 1 is 1.22 bits per heavy atom. The van der Waals surface area contributed by atoms with Crippen LogP contribution in [0, 0.1) is 11.7 Å². The molecule has 0 fully saturated rings. The Labute approximate surface area is 167 Å². The van der Waals surface area contributed by atoms with E-state index < -0.39 is 0 Å². The van der Waals surface area contributed by atoms with E-state index in [9.17, 15) is 0 Å². The number of benzene rings is 2. The molecule has 1 aromatic heterocycles. The van der Waals surface area contributed by atoms with Crippen LogP contribution in [0.1, 0.15) is 23.9 Å². The lowest BCUT2D eigenvalue weighted by atomic mass is 10.2. The molecule has 140 valence electrons. The first-order valence-corrected chi connectivity index (χ1v) is 9.18. The van der Waals surface area contributed by atoms with Crippen LogP contribution in [-0.2, 0) is 6.61 Å². The first-order chi connectivity index (χ1) is 13.1. The van der Waals surface area contributed by atoms with Crippen molar-refractivity contribution < 1.29 is 9.47 Å². The average molecular weight is 403 g/mol. The number of aromatic nitrogens is 3. The van der Waals surface area contributed by atoms with E-state index in [-0.39, 0.29) is 0 Å². The van der Waals surface area contributed by atoms with Gasteiger partial charge < -0.3 is 9.47 Å². The lowest BCUT2D eigenvalue weighted by Crippen LogP contribution is -2.01. The Morgan fingerprint density at radius 3 is 2.78 bits per heavy atom. The fourth-order valence-corrected chi connectivity index (χ4v) is 2.85. The second kappa shape index (κ2) is 8.83. The summed E-state index contributed by atoms with van der Waals surface area (Å²) >= 11 is 11.2. The molecule has 0 spiro atoms. The van der Waals surface area contributed by atoms with Crippen LogP contribution in [-0.4, -0.2) is 27.7 Å². The zero-order valence-corrected chi connectivity index (χ0v) is 16.5. The van der Waals surface area contributed by atoms with Crippen molar-refractivity contribution >= 4 is 30.0 Å². The molecule has 2 aromatic carbocycles. The van der Waals surface area contributed by atoms with Crippen LogP contribution in [0.5, 0.6) is 11.5 Å². The number of aryl methyl sites for hydroxylation is 1. The van der Waals surface area contributed by atoms with Gasteiger partial charge in [0.25, 0.3) is 0 Å². The second-order valence-electron chi connectivity index (χ2n) is 5.69. The maximum absolute atomic E-state index is 6.02. The number of hydrogen-bond donors (Lipinski definition) is 1. The van der Waals surface area contributed by atoms with Gasteiger partial charge >= 0.3 is 0 Å². The van der Waals surface area contributed by atoms with Gasteiger partial charge in [-0.1, -0.05) is 23.7 Å². The van der Waals surface area contributed by atoms with Crippen LogP contribution in [0.4, 0.5) is 0 Å². The van der Waals surface area contributed by atoms with Crippen molar-refractivity contribution in [1.29, 1.82) is 0 Å². The third kappa shape index (κ3) is 4.96. The summed E-state index contributed by atoms with van der Waals surface area (Å²) in [6.07, 6.45) is 1.70. The molecular formula is C19H19ClN4O2S. The van der Waals surface area contributed by atoms with Crippen LogP contribution < -0.4 is 9.47 Å². The minimum atomic E-state index is 0.400. The fourth-order valence-electron chi connectivity index (χ4n) is 2.41. The minimum Gasteiger partial charge on any atom is -0.490 e. The highest BCUT2D eigenvalue weighted by atomic mass is 35.5. The SMILES string of the molecule is CCOc1cc(/C=N/n2c(C)n[nH]c2=S)ccc1OCc1cccc(Cl)c1. The Balaban J connectivity index is 1.79. The maximum Gasteiger partial charge on any atom is 0.216 e. The molecule has 0 radical (unpaired) electrons. The normalized spacial score (nSPS) is 11.1. The van der Waals surface area contributed by atoms with E-state index >= 15 is 0 Å². The lowest BCUT2D eigenvalue weighted by Gasteiger charge is -2.12. The molecule has 1 heterocycles. The topological polar surface area (TPSA) is 64.4 Å². The van der Waals surface area contributed by atoms with E-state index in [0.29, 0.717) is 40.3 Å². The van der Waals surface area contributed by atoms with Gasteiger partial charge in [-0.3, -0.25) is 5.10 Å². The van der Waals surface area contributed by atoms with Crippen LogP contribution in [0.3, 0.4) is 0 Å². The van der Waals surface area contributed by atoms with Crippen molar-refractivity contribution in [1.82, 2.24) is 14.9 Å². The molecule has 0 atom stereocenters. The molecule has 0 amide bonds. The number of rotatable bonds is 7. The summed E-state index contributed by atoms with van der Waals surface area (Å²) in [5.74, 6) is 1.99. The largest absolute Gasteiger partial charge is 0.490 e. The van der Waals surface area contributed by atoms with E-state index in [1.54, 1.807) is 10.9 Å². The Bertz CT molecular complexity index is 1010. The summed E-state index contributed by atoms with van der Waals surface area (Å²) in [6, 6.07) is 13.2. The van der Waals surface area contributed by atoms with Crippen molar-refractivity contribution in [3.8, 4) is 11.5 Å². The minimum absolute atomic E-state index is 0.400. The molecule has 0 unspecified atom stereocenters. The lowest BCUT2D eigenvalue weighted by molar-refractivity contribution is 0.269. The van der Waals surface area contributed by atoms with Gasteiger partial charge in [0, 0.05) is 5.02 Å². The molecule has 3 rings (SSSR count). The van der Waals surface area contributed by atoms with Gasteiger partial charge in [0.15, 0.2) is 11.5 Å². The zero-order chi connectivity index (χ0) is 19.2. The number of nitrogens with one attached hydrogen (secondary N) is 1. The van der Waals surface area contributed by atoms with Gasteiger partial charge in [0.2, 0.25) is 4.77 Å². The zero-order valence-electron chi connectivity index (χ0n) is 15.0. The maximum atomic E-state index is 6.02. The highest BCUT2D eigenvalue weighted by Gasteiger charge is 2.07. The molecular weight excluding hydrogens is 384 g/mol. The van der Waals surface area contributed by atoms with E-state index in [4.69, 9.17) is 33.3 Å². The van der Waals surface area contributed by atoms with Crippen LogP contribution in [0.25, 0.3) is 0 Å². The first kappa shape index (κ1) is 19.1. The highest BCUT2D eigenvalue weighted by molar-refractivity contribution is 7.71. The summed E-state index contributed by atoms with van der Waals surface area (Å²) in [6.45, 7) is 4.68. The van der Waals surface area contributed by atoms with E-state index in [1.807, 2.05) is 56.3 Å². The molecule has 0 aliphatic carbocycles. The number of nitrogens with zero attached hydrogens (tertiary/aromatic N) is 3. The molecule has 0 bridgehead atoms. The molecule has 27 heavy (non-hydrogen) atoms. The van der Waals surface area contributed by atoms with Gasteiger partial charge in [-0.25, -0.2) is 0 Å². The summed E-state index contributed by atoms with van der Waals surface area (Å²) in [7, 11) is 0. The molecule has 3 aromatic rings. The molecule has 0 saturated heterocycles. The molecule has 6 nitrogen and oxygen atoms in total. The number of aromatic amines is 1. The fraction of sp³-hybridized carbons (Fsp3) is 0.211. The van der Waals surface area contributed by atoms with Crippen LogP contribution in [0.2, 0.25) is 5.02 Å². The highest BCUT2D eigenvalue weighted by Crippen LogP contribution is 2.29. The molecule has 0 aliphatic rings. The van der Waals surface area contributed by atoms with Crippen molar-refractivity contribution in [2.45, 2.75) is 20.5 Å². The van der Waals surface area contributed by atoms with E-state index in [0.717, 1.165) is 11.1 Å². The summed E-state index contributed by atoms with van der Waals surface area (Å²) in [5, 5.41) is 11.8. The van der Waals surface area contributed by atoms with E-state index in [1.165, 1.54) is 0 Å². The summed E-state index contributed by atoms with van der Waals surface area (Å²) in [4.78, 5) is 0. The van der Waals surface area contributed by atoms with Gasteiger partial charge in [-0.05, 0) is 67.5 Å². The Kier molecular flexibility index (Phi) is 6.26. The molecule has 0 saturated carbocycles. The number of hydrogen-bond acceptors (Lipinski definition) is 5. The quantitative estimate of drug-likeness (QED) is 0.457. The van der Waals surface area contributed by atoms with E-state index in [2.05, 4.69) is 15.3 Å². The second-order valence-corrected chi connectivity index (χ2v) is 6.51. The van der Waals surface area contributed by atoms with Crippen molar-refractivity contribution in [2.24, 2.45) is 5.10 Å². The molecule has 0 aliphatic heterocycles. The molecule has 1 N–H and O–H groups in total. The predicted molar refractivity (Wildman–Crippen MR) is 109 cm³/mol. The van der Waals surface area contributed by atoms with Gasteiger partial charge in [-0.2, -0.15) is 14.9 Å². The van der Waals surface area contributed by atoms with Crippen molar-refractivity contribution in [3.63, 3.8) is 0 Å². The Morgan fingerprint density at radius 2 is 2.07 bits per heavy atom. The van der Waals surface area contributed by atoms with Crippen LogP contribution >= 0.6 is 23.8 Å². The van der Waals surface area contributed by atoms with Crippen molar-refractivity contribution in [3.05, 3.63) is 69.2 Å². The predicted octanol–water partition coefficient (Wildman–Crippen LogP) is 4.76. The first-order valence-electron chi connectivity index (χ1n) is 8.39. The summed E-state index contributed by atoms with van der Waals surface area (Å²) < 4.78 is 13.6. The number of H-pyrrole nitrogens is 1. The van der Waals surface area contributed by atoms with Crippen LogP contribution in [0.15, 0.2) is 47.6 Å². The van der Waals surface area contributed by atoms with Gasteiger partial charge in [0.05, 0.1) is 12.8 Å². The third-order valence-electron chi connectivity index (χ3n) is 3.69. The standard InChI is InChI=1S/C19H19ClN4O2S/c1-3-25-18-10-14(11-21-24-13(2)22-23-19(24)27)7-8-17(18)26-12-15-5-4-6-16(20)9-15/h4-11H,3,12H2,1-2H3,(H,23,27)/b21-11+. The summed E-state index contributed by atoms with van der Waals surface area (Å²) in [5.41, 5.74) is 1.84. The average Bonchev–Trinajstić information content (AvgIpc) is 2.97. The number of ether oxygens (including phenoxy) is 2. The van der Waals surface area contributed by atoms with Gasteiger partial charge in [0.1, 0.15) is 12.4 Å². The number of halogens is 1. The van der Waals surface area contributed by atoms with Crippen molar-refractivity contribution in [2.75, 3.05) is 6.61 Å².